The Kier molecular flexibility index (Phi) is 5.66. The topological polar surface area (TPSA) is 70.6 Å². The van der Waals surface area contributed by atoms with E-state index in [1.165, 1.54) is 0 Å². The van der Waals surface area contributed by atoms with Gasteiger partial charge in [0.1, 0.15) is 11.4 Å². The quantitative estimate of drug-likeness (QED) is 0.731. The van der Waals surface area contributed by atoms with Crippen LogP contribution in [-0.4, -0.2) is 29.4 Å². The van der Waals surface area contributed by atoms with Gasteiger partial charge in [0.05, 0.1) is 0 Å². The summed E-state index contributed by atoms with van der Waals surface area (Å²) in [5, 5.41) is 14.9. The molecule has 0 radical (unpaired) electrons. The van der Waals surface area contributed by atoms with Gasteiger partial charge in [0.2, 0.25) is 0 Å². The third-order valence-corrected chi connectivity index (χ3v) is 3.55. The highest BCUT2D eigenvalue weighted by atomic mass is 16.5. The lowest BCUT2D eigenvalue weighted by atomic mass is 10.1. The zero-order chi connectivity index (χ0) is 16.9. The van der Waals surface area contributed by atoms with E-state index in [4.69, 9.17) is 9.84 Å². The third-order valence-electron chi connectivity index (χ3n) is 3.55. The van der Waals surface area contributed by atoms with Crippen molar-refractivity contribution in [3.8, 4) is 5.75 Å². The Morgan fingerprint density at radius 2 is 2.04 bits per heavy atom. The second-order valence-electron chi connectivity index (χ2n) is 6.82. The van der Waals surface area contributed by atoms with Gasteiger partial charge in [-0.2, -0.15) is 0 Å². The lowest BCUT2D eigenvalue weighted by molar-refractivity contribution is 0.129. The minimum atomic E-state index is -0.285. The Hall–Kier alpha value is -2.01. The molecule has 0 saturated carbocycles. The van der Waals surface area contributed by atoms with Crippen molar-refractivity contribution in [1.29, 1.82) is 0 Å². The highest BCUT2D eigenvalue weighted by molar-refractivity contribution is 5.74. The number of aliphatic hydroxyl groups is 1. The monoisotopic (exact) mass is 318 g/mol. The van der Waals surface area contributed by atoms with Crippen molar-refractivity contribution in [2.24, 2.45) is 5.92 Å². The molecule has 0 unspecified atom stereocenters. The largest absolute Gasteiger partial charge is 0.488 e. The van der Waals surface area contributed by atoms with E-state index >= 15 is 0 Å². The van der Waals surface area contributed by atoms with E-state index in [0.29, 0.717) is 6.54 Å². The fourth-order valence-corrected chi connectivity index (χ4v) is 2.49. The van der Waals surface area contributed by atoms with Crippen LogP contribution in [0.4, 0.5) is 4.79 Å². The summed E-state index contributed by atoms with van der Waals surface area (Å²) in [6.07, 6.45) is 4.61. The average Bonchev–Trinajstić information content (AvgIpc) is 2.92. The number of rotatable bonds is 5. The Morgan fingerprint density at radius 1 is 1.30 bits per heavy atom. The van der Waals surface area contributed by atoms with Crippen LogP contribution in [0.2, 0.25) is 0 Å². The first-order valence-corrected chi connectivity index (χ1v) is 7.98. The highest BCUT2D eigenvalue weighted by Crippen LogP contribution is 2.23. The molecular formula is C18H26N2O3. The molecule has 0 aliphatic heterocycles. The summed E-state index contributed by atoms with van der Waals surface area (Å²) in [4.78, 5) is 12.0. The molecule has 1 aromatic carbocycles. The molecular weight excluding hydrogens is 292 g/mol. The molecule has 2 amide bonds. The number of benzene rings is 1. The van der Waals surface area contributed by atoms with Crippen LogP contribution in [0, 0.1) is 5.92 Å². The van der Waals surface area contributed by atoms with Gasteiger partial charge in [0.25, 0.3) is 0 Å². The summed E-state index contributed by atoms with van der Waals surface area (Å²) in [6.45, 7) is 6.50. The second kappa shape index (κ2) is 7.51. The van der Waals surface area contributed by atoms with Gasteiger partial charge in [0, 0.05) is 30.7 Å². The maximum absolute atomic E-state index is 12.0. The van der Waals surface area contributed by atoms with Crippen molar-refractivity contribution >= 4 is 6.03 Å². The first-order valence-electron chi connectivity index (χ1n) is 7.98. The van der Waals surface area contributed by atoms with Gasteiger partial charge >= 0.3 is 6.03 Å². The van der Waals surface area contributed by atoms with E-state index in [-0.39, 0.29) is 30.2 Å². The molecule has 2 atom stereocenters. The zero-order valence-corrected chi connectivity index (χ0v) is 14.0. The number of ether oxygens (including phenoxy) is 1. The number of carbonyl (C=O) groups excluding carboxylic acids is 1. The number of hydrogen-bond donors (Lipinski definition) is 3. The van der Waals surface area contributed by atoms with Gasteiger partial charge in [0.15, 0.2) is 0 Å². The van der Waals surface area contributed by atoms with Gasteiger partial charge < -0.3 is 20.5 Å². The Labute approximate surface area is 137 Å². The van der Waals surface area contributed by atoms with Gasteiger partial charge in [-0.25, -0.2) is 4.79 Å². The standard InChI is InChI=1S/C18H26N2O3/c1-18(2,3)23-16-7-5-4-6-14(16)11-19-17(22)20-15-9-8-13(10-15)12-21/h4-9,13,15,21H,10-12H2,1-3H3,(H2,19,20,22)/t13-,15+/m0/s1. The van der Waals surface area contributed by atoms with E-state index in [1.807, 2.05) is 57.2 Å². The number of para-hydroxylation sites is 1. The van der Waals surface area contributed by atoms with E-state index in [0.717, 1.165) is 17.7 Å². The molecule has 0 saturated heterocycles. The fourth-order valence-electron chi connectivity index (χ4n) is 2.49. The maximum Gasteiger partial charge on any atom is 0.315 e. The predicted octanol–water partition coefficient (Wildman–Crippen LogP) is 2.60. The van der Waals surface area contributed by atoms with Crippen LogP contribution in [0.3, 0.4) is 0 Å². The van der Waals surface area contributed by atoms with Crippen molar-refractivity contribution in [3.63, 3.8) is 0 Å². The summed E-state index contributed by atoms with van der Waals surface area (Å²) < 4.78 is 5.92. The number of nitrogens with one attached hydrogen (secondary N) is 2. The highest BCUT2D eigenvalue weighted by Gasteiger charge is 2.20. The summed E-state index contributed by atoms with van der Waals surface area (Å²) in [5.41, 5.74) is 0.652. The molecule has 0 bridgehead atoms. The van der Waals surface area contributed by atoms with Crippen LogP contribution in [-0.2, 0) is 6.54 Å². The van der Waals surface area contributed by atoms with Gasteiger partial charge in [-0.15, -0.1) is 0 Å². The van der Waals surface area contributed by atoms with E-state index in [9.17, 15) is 4.79 Å². The van der Waals surface area contributed by atoms with Crippen LogP contribution in [0.15, 0.2) is 36.4 Å². The molecule has 0 spiro atoms. The second-order valence-corrected chi connectivity index (χ2v) is 6.82. The molecule has 0 fully saturated rings. The number of urea groups is 1. The van der Waals surface area contributed by atoms with Crippen LogP contribution < -0.4 is 15.4 Å². The first-order chi connectivity index (χ1) is 10.9. The van der Waals surface area contributed by atoms with Gasteiger partial charge in [-0.1, -0.05) is 30.4 Å². The maximum atomic E-state index is 12.0. The van der Waals surface area contributed by atoms with Gasteiger partial charge in [-0.05, 0) is 33.3 Å². The van der Waals surface area contributed by atoms with Crippen molar-refractivity contribution in [2.75, 3.05) is 6.61 Å². The SMILES string of the molecule is CC(C)(C)Oc1ccccc1CNC(=O)N[C@@H]1C=C[C@H](CO)C1. The summed E-state index contributed by atoms with van der Waals surface area (Å²) in [6, 6.07) is 7.46. The number of hydrogen-bond acceptors (Lipinski definition) is 3. The third kappa shape index (κ3) is 5.60. The molecule has 1 aliphatic rings. The van der Waals surface area contributed by atoms with Gasteiger partial charge in [-0.3, -0.25) is 0 Å². The molecule has 5 heteroatoms. The molecule has 2 rings (SSSR count). The molecule has 1 aliphatic carbocycles. The Balaban J connectivity index is 1.86. The summed E-state index contributed by atoms with van der Waals surface area (Å²) >= 11 is 0. The molecule has 5 nitrogen and oxygen atoms in total. The molecule has 0 heterocycles. The minimum absolute atomic E-state index is 0.0202. The number of carbonyl (C=O) groups is 1. The average molecular weight is 318 g/mol. The molecule has 23 heavy (non-hydrogen) atoms. The van der Waals surface area contributed by atoms with E-state index in [1.54, 1.807) is 0 Å². The zero-order valence-electron chi connectivity index (χ0n) is 14.0. The normalized spacial score (nSPS) is 20.3. The van der Waals surface area contributed by atoms with Crippen LogP contribution >= 0.6 is 0 Å². The fraction of sp³-hybridized carbons (Fsp3) is 0.500. The van der Waals surface area contributed by atoms with Crippen LogP contribution in [0.1, 0.15) is 32.8 Å². The first kappa shape index (κ1) is 17.3. The lowest BCUT2D eigenvalue weighted by Crippen LogP contribution is -2.40. The van der Waals surface area contributed by atoms with Crippen molar-refractivity contribution in [2.45, 2.75) is 45.4 Å². The summed E-state index contributed by atoms with van der Waals surface area (Å²) in [5.74, 6) is 0.919. The smallest absolute Gasteiger partial charge is 0.315 e. The van der Waals surface area contributed by atoms with Crippen molar-refractivity contribution < 1.29 is 14.6 Å². The molecule has 126 valence electrons. The molecule has 1 aromatic rings. The van der Waals surface area contributed by atoms with Crippen LogP contribution in [0.25, 0.3) is 0 Å². The Morgan fingerprint density at radius 3 is 2.70 bits per heavy atom. The lowest BCUT2D eigenvalue weighted by Gasteiger charge is -2.23. The Bertz CT molecular complexity index is 564. The molecule has 3 N–H and O–H groups in total. The summed E-state index contributed by atoms with van der Waals surface area (Å²) in [7, 11) is 0. The van der Waals surface area contributed by atoms with Crippen molar-refractivity contribution in [3.05, 3.63) is 42.0 Å². The number of aliphatic hydroxyl groups excluding tert-OH is 1. The molecule has 0 aromatic heterocycles. The van der Waals surface area contributed by atoms with Crippen LogP contribution in [0.5, 0.6) is 5.75 Å². The van der Waals surface area contributed by atoms with E-state index < -0.39 is 0 Å². The minimum Gasteiger partial charge on any atom is -0.488 e. The van der Waals surface area contributed by atoms with Crippen molar-refractivity contribution in [1.82, 2.24) is 10.6 Å². The van der Waals surface area contributed by atoms with E-state index in [2.05, 4.69) is 10.6 Å². The number of amides is 2. The predicted molar refractivity (Wildman–Crippen MR) is 90.3 cm³/mol.